The van der Waals surface area contributed by atoms with Gasteiger partial charge in [-0.05, 0) is 61.9 Å². The van der Waals surface area contributed by atoms with Crippen molar-refractivity contribution in [2.75, 3.05) is 0 Å². The molecule has 5 heteroatoms. The first kappa shape index (κ1) is 20.5. The normalized spacial score (nSPS) is 24.3. The lowest BCUT2D eigenvalue weighted by Gasteiger charge is -2.38. The van der Waals surface area contributed by atoms with Crippen molar-refractivity contribution in [3.8, 4) is 11.5 Å². The lowest BCUT2D eigenvalue weighted by atomic mass is 9.96. The number of hydrogen-bond acceptors (Lipinski definition) is 3. The highest BCUT2D eigenvalue weighted by atomic mass is 16.5. The van der Waals surface area contributed by atoms with Crippen LogP contribution in [0.3, 0.4) is 0 Å². The number of rotatable bonds is 6. The van der Waals surface area contributed by atoms with Crippen molar-refractivity contribution < 1.29 is 14.3 Å². The average Bonchev–Trinajstić information content (AvgIpc) is 3.21. The molecule has 2 aliphatic rings. The van der Waals surface area contributed by atoms with E-state index in [4.69, 9.17) is 4.74 Å². The van der Waals surface area contributed by atoms with E-state index in [-0.39, 0.29) is 29.8 Å². The number of carbonyl (C=O) groups excluding carboxylic acids is 2. The van der Waals surface area contributed by atoms with E-state index in [0.29, 0.717) is 0 Å². The second-order valence-corrected chi connectivity index (χ2v) is 8.43. The number of piperidine rings is 1. The summed E-state index contributed by atoms with van der Waals surface area (Å²) in [6.07, 6.45) is 4.39. The molecule has 30 heavy (non-hydrogen) atoms. The fourth-order valence-corrected chi connectivity index (χ4v) is 4.53. The summed E-state index contributed by atoms with van der Waals surface area (Å²) in [5, 5.41) is 2.99. The Bertz CT molecular complexity index is 898. The van der Waals surface area contributed by atoms with E-state index >= 15 is 0 Å². The molecule has 2 aromatic carbocycles. The zero-order valence-electron chi connectivity index (χ0n) is 17.7. The van der Waals surface area contributed by atoms with Crippen LogP contribution in [0.2, 0.25) is 0 Å². The third kappa shape index (κ3) is 4.20. The Morgan fingerprint density at radius 2 is 1.80 bits per heavy atom. The van der Waals surface area contributed by atoms with Gasteiger partial charge in [0.2, 0.25) is 11.8 Å². The van der Waals surface area contributed by atoms with E-state index in [1.165, 1.54) is 0 Å². The monoisotopic (exact) mass is 406 g/mol. The number of hydrogen-bond donors (Lipinski definition) is 1. The van der Waals surface area contributed by atoms with Crippen LogP contribution in [0.25, 0.3) is 0 Å². The van der Waals surface area contributed by atoms with Crippen LogP contribution in [0.4, 0.5) is 0 Å². The summed E-state index contributed by atoms with van der Waals surface area (Å²) >= 11 is 0. The number of para-hydroxylation sites is 1. The quantitative estimate of drug-likeness (QED) is 0.747. The second kappa shape index (κ2) is 8.90. The molecule has 4 rings (SSSR count). The first-order valence-corrected chi connectivity index (χ1v) is 11.0. The summed E-state index contributed by atoms with van der Waals surface area (Å²) in [5.41, 5.74) is 1.09. The van der Waals surface area contributed by atoms with E-state index in [2.05, 4.69) is 11.4 Å². The molecule has 0 spiro atoms. The topological polar surface area (TPSA) is 58.6 Å². The van der Waals surface area contributed by atoms with Gasteiger partial charge in [0.1, 0.15) is 17.5 Å². The Kier molecular flexibility index (Phi) is 6.07. The number of amides is 2. The lowest BCUT2D eigenvalue weighted by Crippen LogP contribution is -2.55. The molecule has 2 amide bonds. The molecule has 0 radical (unpaired) electrons. The van der Waals surface area contributed by atoms with E-state index in [1.54, 1.807) is 0 Å². The van der Waals surface area contributed by atoms with Crippen molar-refractivity contribution in [2.24, 2.45) is 5.92 Å². The summed E-state index contributed by atoms with van der Waals surface area (Å²) in [6, 6.07) is 17.6. The van der Waals surface area contributed by atoms with Gasteiger partial charge in [-0.2, -0.15) is 0 Å². The van der Waals surface area contributed by atoms with Crippen LogP contribution in [0.5, 0.6) is 11.5 Å². The molecule has 1 unspecified atom stereocenters. The van der Waals surface area contributed by atoms with Crippen LogP contribution in [-0.4, -0.2) is 28.8 Å². The number of nitrogens with zero attached hydrogens (tertiary/aromatic N) is 1. The summed E-state index contributed by atoms with van der Waals surface area (Å²) in [6.45, 7) is 3.90. The molecule has 2 aromatic rings. The number of benzene rings is 2. The maximum Gasteiger partial charge on any atom is 0.245 e. The molecule has 1 N–H and O–H groups in total. The van der Waals surface area contributed by atoms with E-state index in [1.807, 2.05) is 67.3 Å². The minimum Gasteiger partial charge on any atom is -0.457 e. The van der Waals surface area contributed by atoms with Crippen molar-refractivity contribution in [3.05, 3.63) is 60.2 Å². The van der Waals surface area contributed by atoms with Gasteiger partial charge in [0.05, 0.1) is 6.04 Å². The van der Waals surface area contributed by atoms with Gasteiger partial charge >= 0.3 is 0 Å². The molecule has 4 atom stereocenters. The van der Waals surface area contributed by atoms with Gasteiger partial charge < -0.3 is 15.0 Å². The maximum absolute atomic E-state index is 13.3. The van der Waals surface area contributed by atoms with Crippen molar-refractivity contribution in [2.45, 2.75) is 64.1 Å². The average molecular weight is 407 g/mol. The van der Waals surface area contributed by atoms with Crippen LogP contribution >= 0.6 is 0 Å². The highest BCUT2D eigenvalue weighted by molar-refractivity contribution is 5.89. The molecule has 0 saturated carbocycles. The van der Waals surface area contributed by atoms with Gasteiger partial charge in [0.25, 0.3) is 0 Å². The molecular formula is C25H30N2O3. The molecule has 158 valence electrons. The van der Waals surface area contributed by atoms with Crippen molar-refractivity contribution in [3.63, 3.8) is 0 Å². The number of ether oxygens (including phenoxy) is 1. The van der Waals surface area contributed by atoms with Crippen LogP contribution in [-0.2, 0) is 9.59 Å². The number of nitrogens with one attached hydrogen (secondary N) is 1. The van der Waals surface area contributed by atoms with Gasteiger partial charge in [-0.25, -0.2) is 0 Å². The Labute approximate surface area is 178 Å². The fraction of sp³-hybridized carbons (Fsp3) is 0.440. The Balaban J connectivity index is 1.50. The zero-order valence-corrected chi connectivity index (χ0v) is 17.7. The SMILES string of the molecule is CCC(C)C(=O)N[C@H]1CC[C@H]2CC[C@@H](c3cccc(Oc4ccccc4)c3)N2C1=O. The number of fused-ring (bicyclic) bond motifs is 1. The smallest absolute Gasteiger partial charge is 0.245 e. The highest BCUT2D eigenvalue weighted by Gasteiger charge is 2.44. The van der Waals surface area contributed by atoms with Gasteiger partial charge in [0, 0.05) is 12.0 Å². The predicted molar refractivity (Wildman–Crippen MR) is 116 cm³/mol. The largest absolute Gasteiger partial charge is 0.457 e. The zero-order chi connectivity index (χ0) is 21.1. The van der Waals surface area contributed by atoms with Crippen LogP contribution in [0, 0.1) is 5.92 Å². The third-order valence-corrected chi connectivity index (χ3v) is 6.44. The molecule has 5 nitrogen and oxygen atoms in total. The maximum atomic E-state index is 13.3. The second-order valence-electron chi connectivity index (χ2n) is 8.43. The minimum absolute atomic E-state index is 0.0247. The standard InChI is InChI=1S/C25H30N2O3/c1-3-17(2)24(28)26-22-14-12-19-13-15-23(27(19)25(22)29)18-8-7-11-21(16-18)30-20-9-5-4-6-10-20/h4-11,16-17,19,22-23H,3,12-15H2,1-2H3,(H,26,28)/t17?,19-,22-,23-/m0/s1. The Hall–Kier alpha value is -2.82. The van der Waals surface area contributed by atoms with Gasteiger partial charge in [-0.1, -0.05) is 44.2 Å². The van der Waals surface area contributed by atoms with Crippen LogP contribution < -0.4 is 10.1 Å². The molecular weight excluding hydrogens is 376 g/mol. The van der Waals surface area contributed by atoms with Crippen LogP contribution in [0.1, 0.15) is 57.6 Å². The van der Waals surface area contributed by atoms with Gasteiger partial charge in [-0.3, -0.25) is 9.59 Å². The first-order valence-electron chi connectivity index (χ1n) is 11.0. The van der Waals surface area contributed by atoms with Crippen molar-refractivity contribution in [1.82, 2.24) is 10.2 Å². The highest BCUT2D eigenvalue weighted by Crippen LogP contribution is 2.42. The van der Waals surface area contributed by atoms with E-state index in [0.717, 1.165) is 49.2 Å². The van der Waals surface area contributed by atoms with Crippen molar-refractivity contribution >= 4 is 11.8 Å². The fourth-order valence-electron chi connectivity index (χ4n) is 4.53. The van der Waals surface area contributed by atoms with Gasteiger partial charge in [-0.15, -0.1) is 0 Å². The molecule has 2 heterocycles. The van der Waals surface area contributed by atoms with Crippen LogP contribution in [0.15, 0.2) is 54.6 Å². The molecule has 0 aromatic heterocycles. The molecule has 2 saturated heterocycles. The van der Waals surface area contributed by atoms with Gasteiger partial charge in [0.15, 0.2) is 0 Å². The summed E-state index contributed by atoms with van der Waals surface area (Å²) in [4.78, 5) is 27.7. The molecule has 0 bridgehead atoms. The summed E-state index contributed by atoms with van der Waals surface area (Å²) < 4.78 is 5.99. The molecule has 0 aliphatic carbocycles. The Morgan fingerprint density at radius 1 is 1.07 bits per heavy atom. The first-order chi connectivity index (χ1) is 14.6. The molecule has 2 aliphatic heterocycles. The Morgan fingerprint density at radius 3 is 2.57 bits per heavy atom. The minimum atomic E-state index is -0.410. The summed E-state index contributed by atoms with van der Waals surface area (Å²) in [7, 11) is 0. The molecule has 2 fully saturated rings. The number of carbonyl (C=O) groups is 2. The summed E-state index contributed by atoms with van der Waals surface area (Å²) in [5.74, 6) is 1.52. The van der Waals surface area contributed by atoms with E-state index in [9.17, 15) is 9.59 Å². The van der Waals surface area contributed by atoms with Crippen molar-refractivity contribution in [1.29, 1.82) is 0 Å². The predicted octanol–water partition coefficient (Wildman–Crippen LogP) is 4.84. The van der Waals surface area contributed by atoms with E-state index < -0.39 is 6.04 Å². The lowest BCUT2D eigenvalue weighted by molar-refractivity contribution is -0.142. The third-order valence-electron chi connectivity index (χ3n) is 6.44.